The number of hydrogen-bond acceptors (Lipinski definition) is 4. The summed E-state index contributed by atoms with van der Waals surface area (Å²) in [5.41, 5.74) is 2.03. The number of aryl methyl sites for hydroxylation is 1. The van der Waals surface area contributed by atoms with Crippen LogP contribution >= 0.6 is 0 Å². The van der Waals surface area contributed by atoms with Gasteiger partial charge in [-0.3, -0.25) is 9.59 Å². The summed E-state index contributed by atoms with van der Waals surface area (Å²) in [5.74, 6) is -0.630. The highest BCUT2D eigenvalue weighted by atomic mass is 16.6. The van der Waals surface area contributed by atoms with Gasteiger partial charge >= 0.3 is 6.09 Å². The van der Waals surface area contributed by atoms with E-state index >= 15 is 0 Å². The fourth-order valence-corrected chi connectivity index (χ4v) is 4.19. The second kappa shape index (κ2) is 13.8. The standard InChI is InChI=1S/C30H43N3O4/c1-8-13-21(3)31-27(34)26(24-18-16-22(9-2)17-19-24)33(7)28(35)25(20-23-14-11-10-12-15-23)32-29(36)37-30(4,5)6/h10-12,14-19,21,25-26H,8-9,13,20H2,1-7H3,(H,31,34)(H,32,36). The molecule has 7 nitrogen and oxygen atoms in total. The van der Waals surface area contributed by atoms with E-state index in [2.05, 4.69) is 24.5 Å². The number of hydrogen-bond donors (Lipinski definition) is 2. The number of likely N-dealkylation sites (N-methyl/N-ethyl adjacent to an activating group) is 1. The number of nitrogens with one attached hydrogen (secondary N) is 2. The highest BCUT2D eigenvalue weighted by Crippen LogP contribution is 2.23. The van der Waals surface area contributed by atoms with Gasteiger partial charge < -0.3 is 20.3 Å². The maximum absolute atomic E-state index is 13.9. The second-order valence-electron chi connectivity index (χ2n) is 10.5. The molecule has 2 rings (SSSR count). The lowest BCUT2D eigenvalue weighted by molar-refractivity contribution is -0.141. The van der Waals surface area contributed by atoms with Crippen molar-refractivity contribution in [2.24, 2.45) is 0 Å². The first-order valence-electron chi connectivity index (χ1n) is 13.1. The zero-order valence-electron chi connectivity index (χ0n) is 23.3. The Hall–Kier alpha value is -3.35. The van der Waals surface area contributed by atoms with Crippen LogP contribution in [0.2, 0.25) is 0 Å². The van der Waals surface area contributed by atoms with Crippen LogP contribution in [0.3, 0.4) is 0 Å². The number of alkyl carbamates (subject to hydrolysis) is 1. The van der Waals surface area contributed by atoms with Crippen molar-refractivity contribution in [3.05, 3.63) is 71.3 Å². The van der Waals surface area contributed by atoms with Gasteiger partial charge in [0.2, 0.25) is 11.8 Å². The van der Waals surface area contributed by atoms with Gasteiger partial charge in [0.25, 0.3) is 0 Å². The third-order valence-electron chi connectivity index (χ3n) is 6.07. The minimum absolute atomic E-state index is 0.0292. The molecule has 0 aliphatic heterocycles. The van der Waals surface area contributed by atoms with Crippen molar-refractivity contribution in [1.29, 1.82) is 0 Å². The molecule has 0 fully saturated rings. The van der Waals surface area contributed by atoms with Crippen molar-refractivity contribution >= 4 is 17.9 Å². The van der Waals surface area contributed by atoms with E-state index in [1.165, 1.54) is 4.90 Å². The van der Waals surface area contributed by atoms with E-state index in [0.717, 1.165) is 30.4 Å². The van der Waals surface area contributed by atoms with Gasteiger partial charge in [0.15, 0.2) is 0 Å². The van der Waals surface area contributed by atoms with Crippen LogP contribution in [0, 0.1) is 0 Å². The third kappa shape index (κ3) is 9.56. The summed E-state index contributed by atoms with van der Waals surface area (Å²) in [7, 11) is 1.61. The van der Waals surface area contributed by atoms with E-state index in [1.54, 1.807) is 27.8 Å². The first-order valence-corrected chi connectivity index (χ1v) is 13.1. The molecular formula is C30H43N3O4. The van der Waals surface area contributed by atoms with Crippen LogP contribution in [-0.2, 0) is 27.2 Å². The van der Waals surface area contributed by atoms with Crippen molar-refractivity contribution in [3.63, 3.8) is 0 Å². The molecule has 0 aromatic heterocycles. The molecule has 202 valence electrons. The SMILES string of the molecule is CCCC(C)NC(=O)C(c1ccc(CC)cc1)N(C)C(=O)C(Cc1ccccc1)NC(=O)OC(C)(C)C. The summed E-state index contributed by atoms with van der Waals surface area (Å²) in [6, 6.07) is 15.4. The topological polar surface area (TPSA) is 87.7 Å². The highest BCUT2D eigenvalue weighted by molar-refractivity contribution is 5.92. The van der Waals surface area contributed by atoms with Gasteiger partial charge in [-0.1, -0.05) is 74.9 Å². The number of amides is 3. The van der Waals surface area contributed by atoms with E-state index in [-0.39, 0.29) is 24.3 Å². The van der Waals surface area contributed by atoms with Gasteiger partial charge in [0, 0.05) is 19.5 Å². The average molecular weight is 510 g/mol. The van der Waals surface area contributed by atoms with Crippen LogP contribution in [-0.4, -0.2) is 47.5 Å². The fraction of sp³-hybridized carbons (Fsp3) is 0.500. The Labute approximate surface area is 222 Å². The van der Waals surface area contributed by atoms with E-state index in [1.807, 2.05) is 61.5 Å². The molecular weight excluding hydrogens is 466 g/mol. The molecule has 0 bridgehead atoms. The maximum Gasteiger partial charge on any atom is 0.408 e. The molecule has 3 amide bonds. The molecule has 2 N–H and O–H groups in total. The average Bonchev–Trinajstić information content (AvgIpc) is 2.83. The van der Waals surface area contributed by atoms with Crippen LogP contribution < -0.4 is 10.6 Å². The Balaban J connectivity index is 2.39. The molecule has 0 saturated heterocycles. The van der Waals surface area contributed by atoms with Crippen molar-refractivity contribution in [3.8, 4) is 0 Å². The summed E-state index contributed by atoms with van der Waals surface area (Å²) in [4.78, 5) is 41.5. The van der Waals surface area contributed by atoms with Crippen molar-refractivity contribution in [2.45, 2.75) is 91.0 Å². The summed E-state index contributed by atoms with van der Waals surface area (Å²) in [5, 5.41) is 5.80. The van der Waals surface area contributed by atoms with Crippen LogP contribution in [0.5, 0.6) is 0 Å². The summed E-state index contributed by atoms with van der Waals surface area (Å²) < 4.78 is 5.43. The van der Waals surface area contributed by atoms with Crippen molar-refractivity contribution in [1.82, 2.24) is 15.5 Å². The van der Waals surface area contributed by atoms with Gasteiger partial charge in [-0.25, -0.2) is 4.79 Å². The third-order valence-corrected chi connectivity index (χ3v) is 6.07. The lowest BCUT2D eigenvalue weighted by Crippen LogP contribution is -2.53. The highest BCUT2D eigenvalue weighted by Gasteiger charge is 2.34. The Morgan fingerprint density at radius 1 is 0.919 bits per heavy atom. The quantitative estimate of drug-likeness (QED) is 0.436. The van der Waals surface area contributed by atoms with Gasteiger partial charge in [-0.2, -0.15) is 0 Å². The van der Waals surface area contributed by atoms with E-state index < -0.39 is 23.8 Å². The number of rotatable bonds is 11. The van der Waals surface area contributed by atoms with E-state index in [4.69, 9.17) is 4.74 Å². The Kier molecular flexibility index (Phi) is 11.2. The molecule has 0 saturated carbocycles. The first kappa shape index (κ1) is 29.9. The Morgan fingerprint density at radius 3 is 2.08 bits per heavy atom. The van der Waals surface area contributed by atoms with Crippen molar-refractivity contribution in [2.75, 3.05) is 7.05 Å². The maximum atomic E-state index is 13.9. The Morgan fingerprint density at radius 2 is 1.54 bits per heavy atom. The van der Waals surface area contributed by atoms with Crippen LogP contribution in [0.25, 0.3) is 0 Å². The molecule has 3 unspecified atom stereocenters. The normalized spacial score (nSPS) is 13.7. The molecule has 0 aliphatic rings. The number of benzene rings is 2. The van der Waals surface area contributed by atoms with Gasteiger partial charge in [-0.05, 0) is 57.2 Å². The predicted octanol–water partition coefficient (Wildman–Crippen LogP) is 5.19. The minimum atomic E-state index is -0.916. The number of ether oxygens (including phenoxy) is 1. The van der Waals surface area contributed by atoms with E-state index in [0.29, 0.717) is 5.56 Å². The number of carbonyl (C=O) groups is 3. The fourth-order valence-electron chi connectivity index (χ4n) is 4.19. The molecule has 0 aliphatic carbocycles. The molecule has 7 heteroatoms. The molecule has 2 aromatic carbocycles. The zero-order chi connectivity index (χ0) is 27.6. The molecule has 37 heavy (non-hydrogen) atoms. The smallest absolute Gasteiger partial charge is 0.408 e. The van der Waals surface area contributed by atoms with Gasteiger partial charge in [0.1, 0.15) is 17.7 Å². The molecule has 0 heterocycles. The Bertz CT molecular complexity index is 1020. The van der Waals surface area contributed by atoms with Crippen LogP contribution in [0.1, 0.15) is 77.1 Å². The monoisotopic (exact) mass is 509 g/mol. The van der Waals surface area contributed by atoms with E-state index in [9.17, 15) is 14.4 Å². The predicted molar refractivity (Wildman–Crippen MR) is 147 cm³/mol. The van der Waals surface area contributed by atoms with Gasteiger partial charge in [0.05, 0.1) is 0 Å². The molecule has 3 atom stereocenters. The van der Waals surface area contributed by atoms with Crippen molar-refractivity contribution < 1.29 is 19.1 Å². The molecule has 2 aromatic rings. The lowest BCUT2D eigenvalue weighted by Gasteiger charge is -2.32. The zero-order valence-corrected chi connectivity index (χ0v) is 23.3. The largest absolute Gasteiger partial charge is 0.444 e. The van der Waals surface area contributed by atoms with Crippen LogP contribution in [0.15, 0.2) is 54.6 Å². The number of carbonyl (C=O) groups excluding carboxylic acids is 3. The summed E-state index contributed by atoms with van der Waals surface area (Å²) in [6.07, 6.45) is 2.23. The lowest BCUT2D eigenvalue weighted by atomic mass is 9.99. The first-order chi connectivity index (χ1) is 17.4. The summed E-state index contributed by atoms with van der Waals surface area (Å²) >= 11 is 0. The van der Waals surface area contributed by atoms with Gasteiger partial charge in [-0.15, -0.1) is 0 Å². The van der Waals surface area contributed by atoms with Crippen LogP contribution in [0.4, 0.5) is 4.79 Å². The molecule has 0 spiro atoms. The number of nitrogens with zero attached hydrogens (tertiary/aromatic N) is 1. The molecule has 0 radical (unpaired) electrons. The minimum Gasteiger partial charge on any atom is -0.444 e. The second-order valence-corrected chi connectivity index (χ2v) is 10.5. The summed E-state index contributed by atoms with van der Waals surface area (Å²) in [6.45, 7) is 11.4.